The van der Waals surface area contributed by atoms with Crippen LogP contribution in [0.2, 0.25) is 0 Å². The van der Waals surface area contributed by atoms with Gasteiger partial charge in [-0.2, -0.15) is 0 Å². The molecule has 0 radical (unpaired) electrons. The molecule has 0 aliphatic heterocycles. The highest BCUT2D eigenvalue weighted by atomic mass is 28.4. The molecule has 0 saturated carbocycles. The number of hydrogen-bond acceptors (Lipinski definition) is 3. The molecule has 0 aromatic carbocycles. The lowest BCUT2D eigenvalue weighted by Gasteiger charge is -2.31. The van der Waals surface area contributed by atoms with Crippen molar-refractivity contribution in [2.45, 2.75) is 97.8 Å². The van der Waals surface area contributed by atoms with Crippen molar-refractivity contribution in [3.8, 4) is 0 Å². The Morgan fingerprint density at radius 3 is 1.43 bits per heavy atom. The SMILES string of the molecule is CCCCCCO[Si](OCCCCCC)(OCCCCCC)C1=C/C=C\C=C/C=C\1. The highest BCUT2D eigenvalue weighted by molar-refractivity contribution is 6.69. The van der Waals surface area contributed by atoms with Crippen LogP contribution in [0.4, 0.5) is 0 Å². The van der Waals surface area contributed by atoms with Gasteiger partial charge in [-0.15, -0.1) is 0 Å². The van der Waals surface area contributed by atoms with E-state index in [4.69, 9.17) is 13.3 Å². The van der Waals surface area contributed by atoms with Gasteiger partial charge in [0.1, 0.15) is 0 Å². The van der Waals surface area contributed by atoms with Crippen LogP contribution in [0.1, 0.15) is 97.8 Å². The predicted octanol–water partition coefficient (Wildman–Crippen LogP) is 7.86. The molecular formula is C26H46O3Si. The van der Waals surface area contributed by atoms with Crippen LogP contribution in [0, 0.1) is 0 Å². The molecule has 0 bridgehead atoms. The Morgan fingerprint density at radius 2 is 0.967 bits per heavy atom. The molecule has 1 rings (SSSR count). The second-order valence-electron chi connectivity index (χ2n) is 8.03. The minimum atomic E-state index is -2.94. The van der Waals surface area contributed by atoms with Gasteiger partial charge in [0, 0.05) is 25.0 Å². The van der Waals surface area contributed by atoms with Gasteiger partial charge < -0.3 is 13.3 Å². The maximum absolute atomic E-state index is 6.54. The summed E-state index contributed by atoms with van der Waals surface area (Å²) in [5.74, 6) is 0. The summed E-state index contributed by atoms with van der Waals surface area (Å²) in [6.07, 6.45) is 28.8. The van der Waals surface area contributed by atoms with Crippen molar-refractivity contribution in [2.75, 3.05) is 19.8 Å². The van der Waals surface area contributed by atoms with E-state index in [0.717, 1.165) is 24.5 Å². The van der Waals surface area contributed by atoms with Crippen LogP contribution in [0.5, 0.6) is 0 Å². The molecule has 1 aliphatic rings. The quantitative estimate of drug-likeness (QED) is 0.153. The standard InChI is InChI=1S/C26H46O3Si/c1-4-7-10-18-23-27-30(28-24-19-11-8-5-2,29-25-20-12-9-6-3)26-21-16-14-13-15-17-22-26/h13-17,21-22H,4-12,18-20,23-25H2,1-3H3/b14-13-,15-13?,16-14?,17-15-,21-16-,22-17?,26-21?,26-22+. The highest BCUT2D eigenvalue weighted by Crippen LogP contribution is 2.25. The van der Waals surface area contributed by atoms with E-state index >= 15 is 0 Å². The van der Waals surface area contributed by atoms with Crippen LogP contribution < -0.4 is 0 Å². The van der Waals surface area contributed by atoms with Crippen LogP contribution in [0.3, 0.4) is 0 Å². The Hall–Kier alpha value is -0.943. The van der Waals surface area contributed by atoms with Crippen LogP contribution in [0.25, 0.3) is 0 Å². The predicted molar refractivity (Wildman–Crippen MR) is 132 cm³/mol. The molecule has 172 valence electrons. The molecule has 3 nitrogen and oxygen atoms in total. The topological polar surface area (TPSA) is 27.7 Å². The minimum absolute atomic E-state index is 0.709. The minimum Gasteiger partial charge on any atom is -0.370 e. The van der Waals surface area contributed by atoms with E-state index in [0.29, 0.717) is 19.8 Å². The molecule has 0 fully saturated rings. The molecule has 30 heavy (non-hydrogen) atoms. The average molecular weight is 435 g/mol. The summed E-state index contributed by atoms with van der Waals surface area (Å²) < 4.78 is 19.6. The number of allylic oxidation sites excluding steroid dienone is 8. The monoisotopic (exact) mass is 434 g/mol. The van der Waals surface area contributed by atoms with Crippen molar-refractivity contribution in [3.63, 3.8) is 0 Å². The van der Waals surface area contributed by atoms with E-state index in [1.807, 2.05) is 18.2 Å². The summed E-state index contributed by atoms with van der Waals surface area (Å²) >= 11 is 0. The first kappa shape index (κ1) is 27.1. The summed E-state index contributed by atoms with van der Waals surface area (Å²) in [5, 5.41) is 1.07. The first-order valence-electron chi connectivity index (χ1n) is 12.4. The fraction of sp³-hybridized carbons (Fsp3) is 0.692. The van der Waals surface area contributed by atoms with Gasteiger partial charge in [0.25, 0.3) is 0 Å². The van der Waals surface area contributed by atoms with Crippen LogP contribution in [-0.4, -0.2) is 28.6 Å². The second-order valence-corrected chi connectivity index (χ2v) is 10.6. The van der Waals surface area contributed by atoms with Gasteiger partial charge in [-0.1, -0.05) is 121 Å². The van der Waals surface area contributed by atoms with Gasteiger partial charge in [0.05, 0.1) is 0 Å². The van der Waals surface area contributed by atoms with Crippen LogP contribution in [0.15, 0.2) is 47.7 Å². The molecule has 4 heteroatoms. The van der Waals surface area contributed by atoms with E-state index in [1.54, 1.807) is 0 Å². The van der Waals surface area contributed by atoms with Crippen molar-refractivity contribution < 1.29 is 13.3 Å². The largest absolute Gasteiger partial charge is 0.537 e. The molecule has 0 spiro atoms. The fourth-order valence-corrected chi connectivity index (χ4v) is 5.94. The summed E-state index contributed by atoms with van der Waals surface area (Å²) in [5.41, 5.74) is 0. The Balaban J connectivity index is 2.90. The summed E-state index contributed by atoms with van der Waals surface area (Å²) in [6, 6.07) is 0. The van der Waals surface area contributed by atoms with E-state index in [9.17, 15) is 0 Å². The van der Waals surface area contributed by atoms with Crippen molar-refractivity contribution >= 4 is 8.80 Å². The molecule has 0 aromatic heterocycles. The fourth-order valence-electron chi connectivity index (χ4n) is 3.35. The van der Waals surface area contributed by atoms with Gasteiger partial charge in [0.2, 0.25) is 0 Å². The third-order valence-corrected chi connectivity index (χ3v) is 8.01. The van der Waals surface area contributed by atoms with Gasteiger partial charge >= 0.3 is 8.80 Å². The van der Waals surface area contributed by atoms with E-state index < -0.39 is 8.80 Å². The van der Waals surface area contributed by atoms with Crippen molar-refractivity contribution in [2.24, 2.45) is 0 Å². The number of unbranched alkanes of at least 4 members (excludes halogenated alkanes) is 9. The number of rotatable bonds is 19. The normalized spacial score (nSPS) is 19.0. The molecule has 0 heterocycles. The summed E-state index contributed by atoms with van der Waals surface area (Å²) in [7, 11) is -2.94. The van der Waals surface area contributed by atoms with Crippen molar-refractivity contribution in [1.82, 2.24) is 0 Å². The molecule has 0 atom stereocenters. The maximum Gasteiger partial charge on any atom is 0.537 e. The van der Waals surface area contributed by atoms with Gasteiger partial charge in [0.15, 0.2) is 0 Å². The highest BCUT2D eigenvalue weighted by Gasteiger charge is 2.44. The Labute approximate surface area is 187 Å². The molecule has 0 unspecified atom stereocenters. The lowest BCUT2D eigenvalue weighted by Crippen LogP contribution is -2.48. The molecule has 0 aromatic rings. The van der Waals surface area contributed by atoms with Crippen molar-refractivity contribution in [1.29, 1.82) is 0 Å². The molecular weight excluding hydrogens is 388 g/mol. The van der Waals surface area contributed by atoms with Crippen LogP contribution in [-0.2, 0) is 13.3 Å². The number of hydrogen-bond donors (Lipinski definition) is 0. The molecule has 0 amide bonds. The summed E-state index contributed by atoms with van der Waals surface area (Å²) in [6.45, 7) is 8.84. The van der Waals surface area contributed by atoms with Gasteiger partial charge in [-0.3, -0.25) is 0 Å². The Morgan fingerprint density at radius 1 is 0.533 bits per heavy atom. The second kappa shape index (κ2) is 18.8. The molecule has 0 N–H and O–H groups in total. The first-order valence-corrected chi connectivity index (χ1v) is 14.2. The third kappa shape index (κ3) is 12.0. The molecule has 1 aliphatic carbocycles. The smallest absolute Gasteiger partial charge is 0.370 e. The van der Waals surface area contributed by atoms with Crippen molar-refractivity contribution in [3.05, 3.63) is 47.7 Å². The zero-order valence-electron chi connectivity index (χ0n) is 19.9. The lowest BCUT2D eigenvalue weighted by molar-refractivity contribution is 0.0650. The Bertz CT molecular complexity index is 486. The van der Waals surface area contributed by atoms with Gasteiger partial charge in [-0.05, 0) is 19.3 Å². The van der Waals surface area contributed by atoms with Crippen LogP contribution >= 0.6 is 0 Å². The lowest BCUT2D eigenvalue weighted by atomic mass is 10.2. The average Bonchev–Trinajstić information content (AvgIpc) is 2.72. The maximum atomic E-state index is 6.54. The third-order valence-electron chi connectivity index (χ3n) is 5.22. The van der Waals surface area contributed by atoms with E-state index in [-0.39, 0.29) is 0 Å². The van der Waals surface area contributed by atoms with E-state index in [1.165, 1.54) is 57.8 Å². The zero-order valence-corrected chi connectivity index (χ0v) is 20.9. The Kier molecular flexibility index (Phi) is 17.0. The van der Waals surface area contributed by atoms with E-state index in [2.05, 4.69) is 45.1 Å². The summed E-state index contributed by atoms with van der Waals surface area (Å²) in [4.78, 5) is 0. The zero-order chi connectivity index (χ0) is 21.8. The van der Waals surface area contributed by atoms with Gasteiger partial charge in [-0.25, -0.2) is 0 Å². The first-order chi connectivity index (χ1) is 14.8. The molecule has 0 saturated heterocycles.